The molecule has 0 radical (unpaired) electrons. The molecule has 0 aromatic heterocycles. The highest BCUT2D eigenvalue weighted by atomic mass is 16.5. The summed E-state index contributed by atoms with van der Waals surface area (Å²) in [5, 5.41) is 2.90. The molecule has 2 aromatic carbocycles. The van der Waals surface area contributed by atoms with Crippen molar-refractivity contribution in [3.63, 3.8) is 0 Å². The van der Waals surface area contributed by atoms with Crippen molar-refractivity contribution in [1.29, 1.82) is 0 Å². The Labute approximate surface area is 132 Å². The van der Waals surface area contributed by atoms with Gasteiger partial charge in [-0.25, -0.2) is 0 Å². The van der Waals surface area contributed by atoms with E-state index >= 15 is 0 Å². The third-order valence-corrected chi connectivity index (χ3v) is 3.61. The molecule has 0 aliphatic heterocycles. The molecule has 1 N–H and O–H groups in total. The lowest BCUT2D eigenvalue weighted by Crippen LogP contribution is -2.28. The summed E-state index contributed by atoms with van der Waals surface area (Å²) in [5.74, 6) is 0.817. The van der Waals surface area contributed by atoms with Gasteiger partial charge in [0.15, 0.2) is 0 Å². The van der Waals surface area contributed by atoms with E-state index in [1.165, 1.54) is 5.56 Å². The lowest BCUT2D eigenvalue weighted by Gasteiger charge is -2.11. The summed E-state index contributed by atoms with van der Waals surface area (Å²) in [6, 6.07) is 12.0. The fourth-order valence-electron chi connectivity index (χ4n) is 2.36. The number of hydrogen-bond donors (Lipinski definition) is 1. The number of rotatable bonds is 5. The van der Waals surface area contributed by atoms with E-state index in [2.05, 4.69) is 18.3 Å². The van der Waals surface area contributed by atoms with Crippen LogP contribution >= 0.6 is 0 Å². The Morgan fingerprint density at radius 2 is 1.64 bits per heavy atom. The monoisotopic (exact) mass is 297 g/mol. The average Bonchev–Trinajstić information content (AvgIpc) is 2.47. The zero-order valence-electron chi connectivity index (χ0n) is 13.7. The molecule has 3 heteroatoms. The minimum Gasteiger partial charge on any atom is -0.491 e. The van der Waals surface area contributed by atoms with Gasteiger partial charge in [-0.05, 0) is 51.0 Å². The number of aryl methyl sites for hydroxylation is 4. The molecule has 0 aliphatic rings. The lowest BCUT2D eigenvalue weighted by atomic mass is 10.1. The maximum absolute atomic E-state index is 12.2. The number of carbonyl (C=O) groups excluding carboxylic acids is 1. The summed E-state index contributed by atoms with van der Waals surface area (Å²) in [5.41, 5.74) is 5.13. The predicted octanol–water partition coefficient (Wildman–Crippen LogP) is 3.73. The van der Waals surface area contributed by atoms with Crippen LogP contribution in [0.25, 0.3) is 0 Å². The topological polar surface area (TPSA) is 38.3 Å². The fourth-order valence-corrected chi connectivity index (χ4v) is 2.36. The minimum atomic E-state index is -0.0505. The zero-order valence-corrected chi connectivity index (χ0v) is 13.7. The summed E-state index contributed by atoms with van der Waals surface area (Å²) in [6.07, 6.45) is 0. The first-order chi connectivity index (χ1) is 10.5. The van der Waals surface area contributed by atoms with E-state index in [1.54, 1.807) is 0 Å². The SMILES string of the molecule is Cc1ccc(OCCNC(=O)c2cc(C)ccc2C)c(C)c1. The van der Waals surface area contributed by atoms with Crippen LogP contribution in [0.4, 0.5) is 0 Å². The van der Waals surface area contributed by atoms with Crippen LogP contribution in [-0.2, 0) is 0 Å². The van der Waals surface area contributed by atoms with Crippen molar-refractivity contribution in [3.05, 3.63) is 64.2 Å². The maximum Gasteiger partial charge on any atom is 0.251 e. The summed E-state index contributed by atoms with van der Waals surface area (Å²) in [7, 11) is 0. The highest BCUT2D eigenvalue weighted by Crippen LogP contribution is 2.18. The van der Waals surface area contributed by atoms with Crippen molar-refractivity contribution in [1.82, 2.24) is 5.32 Å². The van der Waals surface area contributed by atoms with Crippen LogP contribution in [0.2, 0.25) is 0 Å². The third kappa shape index (κ3) is 4.10. The second-order valence-electron chi connectivity index (χ2n) is 5.69. The molecule has 2 rings (SSSR count). The van der Waals surface area contributed by atoms with E-state index in [4.69, 9.17) is 4.74 Å². The normalized spacial score (nSPS) is 10.4. The van der Waals surface area contributed by atoms with Crippen LogP contribution in [0, 0.1) is 27.7 Å². The van der Waals surface area contributed by atoms with Crippen molar-refractivity contribution in [3.8, 4) is 5.75 Å². The van der Waals surface area contributed by atoms with Crippen LogP contribution in [-0.4, -0.2) is 19.1 Å². The van der Waals surface area contributed by atoms with Crippen molar-refractivity contribution < 1.29 is 9.53 Å². The largest absolute Gasteiger partial charge is 0.491 e. The molecule has 3 nitrogen and oxygen atoms in total. The summed E-state index contributed by atoms with van der Waals surface area (Å²) in [6.45, 7) is 8.96. The van der Waals surface area contributed by atoms with Gasteiger partial charge in [-0.3, -0.25) is 4.79 Å². The smallest absolute Gasteiger partial charge is 0.251 e. The van der Waals surface area contributed by atoms with Crippen molar-refractivity contribution in [2.45, 2.75) is 27.7 Å². The Morgan fingerprint density at radius 3 is 2.36 bits per heavy atom. The van der Waals surface area contributed by atoms with Gasteiger partial charge in [0, 0.05) is 5.56 Å². The Hall–Kier alpha value is -2.29. The van der Waals surface area contributed by atoms with E-state index in [0.717, 1.165) is 28.0 Å². The van der Waals surface area contributed by atoms with Crippen LogP contribution in [0.5, 0.6) is 5.75 Å². The molecule has 2 aromatic rings. The molecule has 0 saturated heterocycles. The van der Waals surface area contributed by atoms with Gasteiger partial charge in [-0.15, -0.1) is 0 Å². The number of benzene rings is 2. The van der Waals surface area contributed by atoms with Gasteiger partial charge in [-0.1, -0.05) is 35.4 Å². The first-order valence-corrected chi connectivity index (χ1v) is 7.53. The molecule has 0 spiro atoms. The molecule has 22 heavy (non-hydrogen) atoms. The Bertz CT molecular complexity index is 677. The fraction of sp³-hybridized carbons (Fsp3) is 0.316. The molecular weight excluding hydrogens is 274 g/mol. The van der Waals surface area contributed by atoms with Gasteiger partial charge in [0.1, 0.15) is 12.4 Å². The van der Waals surface area contributed by atoms with Crippen molar-refractivity contribution in [2.24, 2.45) is 0 Å². The van der Waals surface area contributed by atoms with Crippen LogP contribution in [0.15, 0.2) is 36.4 Å². The highest BCUT2D eigenvalue weighted by molar-refractivity contribution is 5.95. The highest BCUT2D eigenvalue weighted by Gasteiger charge is 2.08. The molecule has 0 bridgehead atoms. The van der Waals surface area contributed by atoms with Gasteiger partial charge in [-0.2, -0.15) is 0 Å². The predicted molar refractivity (Wildman–Crippen MR) is 89.7 cm³/mol. The molecule has 0 atom stereocenters. The summed E-state index contributed by atoms with van der Waals surface area (Å²) in [4.78, 5) is 12.2. The van der Waals surface area contributed by atoms with E-state index in [0.29, 0.717) is 13.2 Å². The standard InChI is InChI=1S/C19H23NO2/c1-13-6-8-18(16(4)11-13)22-10-9-20-19(21)17-12-14(2)5-7-15(17)3/h5-8,11-12H,9-10H2,1-4H3,(H,20,21). The molecular formula is C19H23NO2. The van der Waals surface area contributed by atoms with E-state index in [-0.39, 0.29) is 5.91 Å². The van der Waals surface area contributed by atoms with Gasteiger partial charge >= 0.3 is 0 Å². The summed E-state index contributed by atoms with van der Waals surface area (Å²) >= 11 is 0. The quantitative estimate of drug-likeness (QED) is 0.854. The summed E-state index contributed by atoms with van der Waals surface area (Å²) < 4.78 is 5.72. The number of ether oxygens (including phenoxy) is 1. The minimum absolute atomic E-state index is 0.0505. The van der Waals surface area contributed by atoms with Crippen LogP contribution < -0.4 is 10.1 Å². The Kier molecular flexibility index (Phi) is 5.21. The molecule has 0 fully saturated rings. The Balaban J connectivity index is 1.86. The number of nitrogens with one attached hydrogen (secondary N) is 1. The van der Waals surface area contributed by atoms with Crippen molar-refractivity contribution >= 4 is 5.91 Å². The molecule has 0 unspecified atom stereocenters. The van der Waals surface area contributed by atoms with E-state index < -0.39 is 0 Å². The number of carbonyl (C=O) groups is 1. The number of hydrogen-bond acceptors (Lipinski definition) is 2. The molecule has 1 amide bonds. The van der Waals surface area contributed by atoms with Gasteiger partial charge in [0.2, 0.25) is 0 Å². The second-order valence-corrected chi connectivity index (χ2v) is 5.69. The number of amides is 1. The van der Waals surface area contributed by atoms with Gasteiger partial charge < -0.3 is 10.1 Å². The zero-order chi connectivity index (χ0) is 16.1. The Morgan fingerprint density at radius 1 is 0.955 bits per heavy atom. The first-order valence-electron chi connectivity index (χ1n) is 7.53. The molecule has 116 valence electrons. The molecule has 0 heterocycles. The average molecular weight is 297 g/mol. The van der Waals surface area contributed by atoms with Crippen LogP contribution in [0.1, 0.15) is 32.6 Å². The third-order valence-electron chi connectivity index (χ3n) is 3.61. The molecule has 0 aliphatic carbocycles. The lowest BCUT2D eigenvalue weighted by molar-refractivity contribution is 0.0946. The van der Waals surface area contributed by atoms with E-state index in [9.17, 15) is 4.79 Å². The first kappa shape index (κ1) is 16.1. The van der Waals surface area contributed by atoms with Gasteiger partial charge in [0.05, 0.1) is 6.54 Å². The van der Waals surface area contributed by atoms with Crippen molar-refractivity contribution in [2.75, 3.05) is 13.2 Å². The molecule has 0 saturated carbocycles. The van der Waals surface area contributed by atoms with Gasteiger partial charge in [0.25, 0.3) is 5.91 Å². The van der Waals surface area contributed by atoms with Crippen LogP contribution in [0.3, 0.4) is 0 Å². The second kappa shape index (κ2) is 7.12. The maximum atomic E-state index is 12.2. The van der Waals surface area contributed by atoms with E-state index in [1.807, 2.05) is 51.1 Å².